The van der Waals surface area contributed by atoms with Crippen LogP contribution in [0.25, 0.3) is 22.4 Å². The quantitative estimate of drug-likeness (QED) is 0.712. The van der Waals surface area contributed by atoms with Crippen LogP contribution in [0.15, 0.2) is 48.8 Å². The lowest BCUT2D eigenvalue weighted by atomic mass is 10.0. The highest BCUT2D eigenvalue weighted by atomic mass is 19.1. The minimum absolute atomic E-state index is 0.256. The summed E-state index contributed by atoms with van der Waals surface area (Å²) in [5.74, 6) is 0.443. The van der Waals surface area contributed by atoms with Crippen molar-refractivity contribution in [1.82, 2.24) is 15.0 Å². The number of halogens is 1. The Hall–Kier alpha value is -2.62. The van der Waals surface area contributed by atoms with Gasteiger partial charge in [0.25, 0.3) is 0 Å². The van der Waals surface area contributed by atoms with E-state index in [9.17, 15) is 4.39 Å². The molecule has 0 saturated heterocycles. The second kappa shape index (κ2) is 5.40. The van der Waals surface area contributed by atoms with Crippen LogP contribution in [0.4, 0.5) is 4.39 Å². The number of hydrogen-bond acceptors (Lipinski definition) is 3. The number of benzene rings is 1. The van der Waals surface area contributed by atoms with Crippen LogP contribution in [0.5, 0.6) is 0 Å². The Morgan fingerprint density at radius 2 is 1.67 bits per heavy atom. The molecule has 0 aliphatic rings. The van der Waals surface area contributed by atoms with Gasteiger partial charge in [-0.15, -0.1) is 0 Å². The summed E-state index contributed by atoms with van der Waals surface area (Å²) < 4.78 is 13.1. The second-order valence-corrected chi connectivity index (χ2v) is 4.87. The van der Waals surface area contributed by atoms with E-state index in [0.717, 1.165) is 28.1 Å². The molecule has 0 saturated carbocycles. The van der Waals surface area contributed by atoms with Crippen LogP contribution in [-0.4, -0.2) is 15.0 Å². The molecule has 0 radical (unpaired) electrons. The third-order valence-electron chi connectivity index (χ3n) is 3.23. The molecule has 2 heterocycles. The summed E-state index contributed by atoms with van der Waals surface area (Å²) in [6.45, 7) is 3.79. The highest BCUT2D eigenvalue weighted by molar-refractivity contribution is 5.80. The molecule has 3 aromatic rings. The van der Waals surface area contributed by atoms with Gasteiger partial charge in [-0.3, -0.25) is 4.98 Å². The van der Waals surface area contributed by atoms with E-state index >= 15 is 0 Å². The summed E-state index contributed by atoms with van der Waals surface area (Å²) in [7, 11) is 0. The molecular formula is C17H14FN3. The van der Waals surface area contributed by atoms with Gasteiger partial charge in [0.1, 0.15) is 11.6 Å². The van der Waals surface area contributed by atoms with Gasteiger partial charge in [0.2, 0.25) is 0 Å². The van der Waals surface area contributed by atoms with E-state index in [1.807, 2.05) is 26.0 Å². The van der Waals surface area contributed by atoms with Gasteiger partial charge in [0.15, 0.2) is 0 Å². The second-order valence-electron chi connectivity index (χ2n) is 4.87. The molecule has 3 rings (SSSR count). The van der Waals surface area contributed by atoms with Gasteiger partial charge in [-0.2, -0.15) is 0 Å². The molecule has 1 aromatic carbocycles. The van der Waals surface area contributed by atoms with Gasteiger partial charge in [0, 0.05) is 29.2 Å². The number of pyridine rings is 1. The minimum atomic E-state index is -0.256. The van der Waals surface area contributed by atoms with Crippen LogP contribution in [-0.2, 0) is 0 Å². The minimum Gasteiger partial charge on any atom is -0.262 e. The molecule has 0 unspecified atom stereocenters. The first-order valence-electron chi connectivity index (χ1n) is 6.66. The molecule has 0 fully saturated rings. The zero-order chi connectivity index (χ0) is 14.8. The van der Waals surface area contributed by atoms with E-state index < -0.39 is 0 Å². The fourth-order valence-electron chi connectivity index (χ4n) is 2.22. The number of nitrogens with zero attached hydrogens (tertiary/aromatic N) is 3. The van der Waals surface area contributed by atoms with Crippen molar-refractivity contribution in [2.45, 2.75) is 13.8 Å². The third kappa shape index (κ3) is 2.79. The van der Waals surface area contributed by atoms with Crippen LogP contribution < -0.4 is 0 Å². The maximum Gasteiger partial charge on any atom is 0.125 e. The van der Waals surface area contributed by atoms with Gasteiger partial charge in [-0.1, -0.05) is 12.1 Å². The Morgan fingerprint density at radius 1 is 0.905 bits per heavy atom. The Kier molecular flexibility index (Phi) is 3.44. The molecule has 0 aliphatic carbocycles. The van der Waals surface area contributed by atoms with Crippen LogP contribution in [0.2, 0.25) is 0 Å². The van der Waals surface area contributed by atoms with Crippen molar-refractivity contribution in [1.29, 1.82) is 0 Å². The van der Waals surface area contributed by atoms with Crippen LogP contribution in [0.3, 0.4) is 0 Å². The van der Waals surface area contributed by atoms with Gasteiger partial charge in [-0.25, -0.2) is 14.4 Å². The van der Waals surface area contributed by atoms with Gasteiger partial charge in [-0.05, 0) is 43.7 Å². The maximum absolute atomic E-state index is 13.1. The smallest absolute Gasteiger partial charge is 0.125 e. The number of hydrogen-bond donors (Lipinski definition) is 0. The molecule has 0 N–H and O–H groups in total. The fourth-order valence-corrected chi connectivity index (χ4v) is 2.22. The largest absolute Gasteiger partial charge is 0.262 e. The summed E-state index contributed by atoms with van der Waals surface area (Å²) in [4.78, 5) is 13.0. The van der Waals surface area contributed by atoms with E-state index in [2.05, 4.69) is 15.0 Å². The summed E-state index contributed by atoms with van der Waals surface area (Å²) in [5, 5.41) is 0. The zero-order valence-electron chi connectivity index (χ0n) is 11.8. The van der Waals surface area contributed by atoms with E-state index in [4.69, 9.17) is 0 Å². The SMILES string of the molecule is Cc1cc(-c2nc(C)ncc2-c2ccc(F)cc2)ccn1. The molecule has 104 valence electrons. The van der Waals surface area contributed by atoms with Crippen molar-refractivity contribution in [3.05, 3.63) is 66.1 Å². The standard InChI is InChI=1S/C17H14FN3/c1-11-9-14(7-8-19-11)17-16(10-20-12(2)21-17)13-3-5-15(18)6-4-13/h3-10H,1-2H3. The van der Waals surface area contributed by atoms with Crippen LogP contribution >= 0.6 is 0 Å². The van der Waals surface area contributed by atoms with Gasteiger partial charge in [0.05, 0.1) is 5.69 Å². The molecular weight excluding hydrogens is 265 g/mol. The molecule has 3 nitrogen and oxygen atoms in total. The topological polar surface area (TPSA) is 38.7 Å². The first-order chi connectivity index (χ1) is 10.1. The summed E-state index contributed by atoms with van der Waals surface area (Å²) >= 11 is 0. The molecule has 0 spiro atoms. The molecule has 4 heteroatoms. The van der Waals surface area contributed by atoms with Crippen molar-refractivity contribution in [3.63, 3.8) is 0 Å². The van der Waals surface area contributed by atoms with Crippen molar-refractivity contribution in [2.24, 2.45) is 0 Å². The Bertz CT molecular complexity index is 782. The Balaban J connectivity index is 2.20. The van der Waals surface area contributed by atoms with Gasteiger partial charge < -0.3 is 0 Å². The zero-order valence-corrected chi connectivity index (χ0v) is 11.8. The molecule has 0 bridgehead atoms. The number of rotatable bonds is 2. The lowest BCUT2D eigenvalue weighted by Crippen LogP contribution is -1.96. The van der Waals surface area contributed by atoms with E-state index in [0.29, 0.717) is 5.82 Å². The van der Waals surface area contributed by atoms with E-state index in [-0.39, 0.29) is 5.82 Å². The van der Waals surface area contributed by atoms with Gasteiger partial charge >= 0.3 is 0 Å². The predicted octanol–water partition coefficient (Wildman–Crippen LogP) is 3.96. The third-order valence-corrected chi connectivity index (χ3v) is 3.23. The van der Waals surface area contributed by atoms with Crippen molar-refractivity contribution < 1.29 is 4.39 Å². The van der Waals surface area contributed by atoms with Crippen molar-refractivity contribution in [3.8, 4) is 22.4 Å². The molecule has 21 heavy (non-hydrogen) atoms. The molecule has 0 atom stereocenters. The average molecular weight is 279 g/mol. The fraction of sp³-hybridized carbons (Fsp3) is 0.118. The number of aryl methyl sites for hydroxylation is 2. The monoisotopic (exact) mass is 279 g/mol. The predicted molar refractivity (Wildman–Crippen MR) is 80.1 cm³/mol. The summed E-state index contributed by atoms with van der Waals surface area (Å²) in [5.41, 5.74) is 4.51. The summed E-state index contributed by atoms with van der Waals surface area (Å²) in [6.07, 6.45) is 3.54. The lowest BCUT2D eigenvalue weighted by molar-refractivity contribution is 0.628. The first kappa shape index (κ1) is 13.4. The Morgan fingerprint density at radius 3 is 2.38 bits per heavy atom. The van der Waals surface area contributed by atoms with E-state index in [1.165, 1.54) is 12.1 Å². The summed E-state index contributed by atoms with van der Waals surface area (Å²) in [6, 6.07) is 10.3. The number of aromatic nitrogens is 3. The first-order valence-corrected chi connectivity index (χ1v) is 6.66. The lowest BCUT2D eigenvalue weighted by Gasteiger charge is -2.10. The highest BCUT2D eigenvalue weighted by Crippen LogP contribution is 2.30. The molecule has 0 amide bonds. The highest BCUT2D eigenvalue weighted by Gasteiger charge is 2.11. The normalized spacial score (nSPS) is 10.6. The molecule has 0 aliphatic heterocycles. The maximum atomic E-state index is 13.1. The van der Waals surface area contributed by atoms with Crippen LogP contribution in [0.1, 0.15) is 11.5 Å². The molecule has 2 aromatic heterocycles. The van der Waals surface area contributed by atoms with Crippen molar-refractivity contribution in [2.75, 3.05) is 0 Å². The van der Waals surface area contributed by atoms with E-state index in [1.54, 1.807) is 24.5 Å². The Labute approximate surface area is 122 Å². The average Bonchev–Trinajstić information content (AvgIpc) is 2.48. The van der Waals surface area contributed by atoms with Crippen molar-refractivity contribution >= 4 is 0 Å². The van der Waals surface area contributed by atoms with Crippen LogP contribution in [0, 0.1) is 19.7 Å².